The highest BCUT2D eigenvalue weighted by atomic mass is 35.5. The molecule has 0 aliphatic carbocycles. The molecule has 0 saturated carbocycles. The summed E-state index contributed by atoms with van der Waals surface area (Å²) in [6.45, 7) is 2.22. The van der Waals surface area contributed by atoms with E-state index in [0.29, 0.717) is 0 Å². The zero-order chi connectivity index (χ0) is 13.7. The summed E-state index contributed by atoms with van der Waals surface area (Å²) in [5, 5.41) is 2.42. The maximum Gasteiger partial charge on any atom is 0.119 e. The van der Waals surface area contributed by atoms with Gasteiger partial charge in [0.1, 0.15) is 5.75 Å². The molecule has 20 heavy (non-hydrogen) atoms. The zero-order valence-electron chi connectivity index (χ0n) is 12.3. The first-order valence-electron chi connectivity index (χ1n) is 7.08. The number of benzene rings is 2. The number of rotatable bonds is 6. The van der Waals surface area contributed by atoms with Crippen molar-refractivity contribution in [2.45, 2.75) is 38.6 Å². The van der Waals surface area contributed by atoms with Crippen LogP contribution in [0.25, 0.3) is 10.8 Å². The summed E-state index contributed by atoms with van der Waals surface area (Å²) >= 11 is 0. The average Bonchev–Trinajstić information content (AvgIpc) is 2.46. The lowest BCUT2D eigenvalue weighted by atomic mass is 9.98. The molecule has 0 amide bonds. The summed E-state index contributed by atoms with van der Waals surface area (Å²) in [5.74, 6) is 0.896. The molecule has 0 heterocycles. The zero-order valence-corrected chi connectivity index (χ0v) is 13.1. The van der Waals surface area contributed by atoms with Crippen molar-refractivity contribution in [3.05, 3.63) is 42.0 Å². The largest absolute Gasteiger partial charge is 0.497 e. The number of halogens is 1. The minimum Gasteiger partial charge on any atom is -0.497 e. The van der Waals surface area contributed by atoms with Gasteiger partial charge in [0.15, 0.2) is 0 Å². The van der Waals surface area contributed by atoms with Crippen molar-refractivity contribution in [3.63, 3.8) is 0 Å². The fourth-order valence-electron chi connectivity index (χ4n) is 2.38. The van der Waals surface area contributed by atoms with Crippen molar-refractivity contribution in [2.24, 2.45) is 5.73 Å². The molecule has 0 saturated heterocycles. The van der Waals surface area contributed by atoms with Crippen LogP contribution in [-0.2, 0) is 0 Å². The first-order valence-corrected chi connectivity index (χ1v) is 7.08. The Balaban J connectivity index is 0.00000200. The highest BCUT2D eigenvalue weighted by Gasteiger charge is 2.06. The van der Waals surface area contributed by atoms with Crippen LogP contribution in [-0.4, -0.2) is 7.11 Å². The fraction of sp³-hybridized carbons (Fsp3) is 0.412. The second kappa shape index (κ2) is 8.13. The van der Waals surface area contributed by atoms with E-state index in [0.717, 1.165) is 12.2 Å². The van der Waals surface area contributed by atoms with Gasteiger partial charge in [-0.15, -0.1) is 12.4 Å². The van der Waals surface area contributed by atoms with Crippen molar-refractivity contribution in [3.8, 4) is 5.75 Å². The van der Waals surface area contributed by atoms with Gasteiger partial charge in [-0.25, -0.2) is 0 Å². The molecule has 0 fully saturated rings. The Morgan fingerprint density at radius 3 is 2.45 bits per heavy atom. The third-order valence-corrected chi connectivity index (χ3v) is 3.62. The van der Waals surface area contributed by atoms with Crippen LogP contribution in [0.3, 0.4) is 0 Å². The summed E-state index contributed by atoms with van der Waals surface area (Å²) < 4.78 is 5.24. The lowest BCUT2D eigenvalue weighted by Crippen LogP contribution is -2.09. The number of nitrogens with two attached hydrogens (primary N) is 1. The second-order valence-corrected chi connectivity index (χ2v) is 5.07. The Kier molecular flexibility index (Phi) is 6.83. The second-order valence-electron chi connectivity index (χ2n) is 5.07. The molecule has 0 bridgehead atoms. The number of hydrogen-bond acceptors (Lipinski definition) is 2. The Labute approximate surface area is 127 Å². The van der Waals surface area contributed by atoms with Gasteiger partial charge in [-0.1, -0.05) is 44.4 Å². The molecule has 0 aromatic heterocycles. The van der Waals surface area contributed by atoms with Crippen LogP contribution in [0.4, 0.5) is 0 Å². The fourth-order valence-corrected chi connectivity index (χ4v) is 2.38. The molecule has 0 aliphatic rings. The molecule has 2 aromatic carbocycles. The number of ether oxygens (including phenoxy) is 1. The number of hydrogen-bond donors (Lipinski definition) is 1. The quantitative estimate of drug-likeness (QED) is 0.773. The Morgan fingerprint density at radius 1 is 1.05 bits per heavy atom. The third kappa shape index (κ3) is 4.12. The van der Waals surface area contributed by atoms with E-state index in [1.807, 2.05) is 6.07 Å². The van der Waals surface area contributed by atoms with E-state index in [1.54, 1.807) is 7.11 Å². The van der Waals surface area contributed by atoms with Crippen molar-refractivity contribution in [2.75, 3.05) is 7.11 Å². The van der Waals surface area contributed by atoms with E-state index >= 15 is 0 Å². The summed E-state index contributed by atoms with van der Waals surface area (Å²) in [6, 6.07) is 12.8. The molecule has 2 N–H and O–H groups in total. The van der Waals surface area contributed by atoms with Crippen LogP contribution in [0.1, 0.15) is 44.2 Å². The highest BCUT2D eigenvalue weighted by Crippen LogP contribution is 2.25. The summed E-state index contributed by atoms with van der Waals surface area (Å²) in [7, 11) is 1.69. The van der Waals surface area contributed by atoms with E-state index in [9.17, 15) is 0 Å². The summed E-state index contributed by atoms with van der Waals surface area (Å²) in [6.07, 6.45) is 4.77. The first-order chi connectivity index (χ1) is 9.24. The molecule has 0 spiro atoms. The predicted octanol–water partition coefficient (Wildman–Crippen LogP) is 4.85. The Bertz CT molecular complexity index is 542. The molecule has 110 valence electrons. The van der Waals surface area contributed by atoms with Gasteiger partial charge in [-0.2, -0.15) is 0 Å². The van der Waals surface area contributed by atoms with Gasteiger partial charge in [0.2, 0.25) is 0 Å². The number of unbranched alkanes of at least 4 members (excludes halogenated alkanes) is 2. The summed E-state index contributed by atoms with van der Waals surface area (Å²) in [5.41, 5.74) is 7.49. The topological polar surface area (TPSA) is 35.2 Å². The van der Waals surface area contributed by atoms with E-state index < -0.39 is 0 Å². The molecule has 0 unspecified atom stereocenters. The van der Waals surface area contributed by atoms with Gasteiger partial charge < -0.3 is 10.5 Å². The molecular weight excluding hydrogens is 270 g/mol. The number of fused-ring (bicyclic) bond motifs is 1. The Hall–Kier alpha value is -1.25. The van der Waals surface area contributed by atoms with Crippen molar-refractivity contribution in [1.29, 1.82) is 0 Å². The molecule has 2 aromatic rings. The SMILES string of the molecule is CCCCC[C@H](N)c1ccc2cc(OC)ccc2c1.Cl. The maximum absolute atomic E-state index is 6.26. The molecule has 2 rings (SSSR count). The van der Waals surface area contributed by atoms with Gasteiger partial charge >= 0.3 is 0 Å². The van der Waals surface area contributed by atoms with Crippen LogP contribution in [0.15, 0.2) is 36.4 Å². The van der Waals surface area contributed by atoms with Crippen LogP contribution in [0.2, 0.25) is 0 Å². The number of methoxy groups -OCH3 is 1. The van der Waals surface area contributed by atoms with Crippen molar-refractivity contribution >= 4 is 23.2 Å². The average molecular weight is 294 g/mol. The van der Waals surface area contributed by atoms with Crippen LogP contribution in [0.5, 0.6) is 5.75 Å². The minimum absolute atomic E-state index is 0. The predicted molar refractivity (Wildman–Crippen MR) is 88.8 cm³/mol. The smallest absolute Gasteiger partial charge is 0.119 e. The van der Waals surface area contributed by atoms with Gasteiger partial charge in [0, 0.05) is 6.04 Å². The minimum atomic E-state index is 0. The van der Waals surface area contributed by atoms with Crippen LogP contribution >= 0.6 is 12.4 Å². The Morgan fingerprint density at radius 2 is 1.75 bits per heavy atom. The van der Waals surface area contributed by atoms with Gasteiger partial charge in [-0.3, -0.25) is 0 Å². The molecule has 1 atom stereocenters. The van der Waals surface area contributed by atoms with Crippen LogP contribution in [0, 0.1) is 0 Å². The molecule has 0 radical (unpaired) electrons. The standard InChI is InChI=1S/C17H23NO.ClH/c1-3-4-5-6-17(18)15-8-7-14-12-16(19-2)10-9-13(14)11-15;/h7-12,17H,3-6,18H2,1-2H3;1H/t17-;/m0./s1. The lowest BCUT2D eigenvalue weighted by Gasteiger charge is -2.13. The lowest BCUT2D eigenvalue weighted by molar-refractivity contribution is 0.415. The van der Waals surface area contributed by atoms with Gasteiger partial charge in [-0.05, 0) is 41.0 Å². The molecule has 0 aliphatic heterocycles. The maximum atomic E-state index is 6.26. The van der Waals surface area contributed by atoms with Crippen molar-refractivity contribution in [1.82, 2.24) is 0 Å². The molecule has 2 nitrogen and oxygen atoms in total. The normalized spacial score (nSPS) is 11.9. The molecule has 3 heteroatoms. The monoisotopic (exact) mass is 293 g/mol. The third-order valence-electron chi connectivity index (χ3n) is 3.62. The van der Waals surface area contributed by atoms with E-state index in [2.05, 4.69) is 37.3 Å². The van der Waals surface area contributed by atoms with E-state index in [4.69, 9.17) is 10.5 Å². The first kappa shape index (κ1) is 16.8. The molecular formula is C17H24ClNO. The van der Waals surface area contributed by atoms with Crippen LogP contribution < -0.4 is 10.5 Å². The summed E-state index contributed by atoms with van der Waals surface area (Å²) in [4.78, 5) is 0. The highest BCUT2D eigenvalue weighted by molar-refractivity contribution is 5.85. The van der Waals surface area contributed by atoms with Gasteiger partial charge in [0.05, 0.1) is 7.11 Å². The van der Waals surface area contributed by atoms with E-state index in [1.165, 1.54) is 35.6 Å². The van der Waals surface area contributed by atoms with Gasteiger partial charge in [0.25, 0.3) is 0 Å². The van der Waals surface area contributed by atoms with E-state index in [-0.39, 0.29) is 18.4 Å². The van der Waals surface area contributed by atoms with Crippen molar-refractivity contribution < 1.29 is 4.74 Å².